The molecule has 1 aromatic rings. The normalized spacial score (nSPS) is 21.9. The van der Waals surface area contributed by atoms with E-state index in [1.165, 1.54) is 12.1 Å². The molecule has 17 heavy (non-hydrogen) atoms. The fraction of sp³-hybridized carbons (Fsp3) is 0.462. The van der Waals surface area contributed by atoms with E-state index in [9.17, 15) is 9.18 Å². The molecule has 0 bridgehead atoms. The van der Waals surface area contributed by atoms with Gasteiger partial charge in [0.05, 0.1) is 6.04 Å². The largest absolute Gasteiger partial charge is 0.336 e. The molecule has 0 saturated carbocycles. The van der Waals surface area contributed by atoms with Gasteiger partial charge in [0.25, 0.3) is 0 Å². The average Bonchev–Trinajstić information content (AvgIpc) is 2.69. The Kier molecular flexibility index (Phi) is 3.43. The lowest BCUT2D eigenvalue weighted by Crippen LogP contribution is -2.29. The van der Waals surface area contributed by atoms with E-state index in [0.717, 1.165) is 5.56 Å². The number of halogens is 1. The molecule has 2 atom stereocenters. The standard InChI is InChI=1S/C13H17FN2O/c1-9(11-3-2-4-12(14)6-11)16-8-10(7-15)5-13(16)17/h2-4,6,9-10H,5,7-8,15H2,1H3. The third kappa shape index (κ3) is 2.47. The van der Waals surface area contributed by atoms with Gasteiger partial charge < -0.3 is 10.6 Å². The van der Waals surface area contributed by atoms with Gasteiger partial charge in [-0.2, -0.15) is 0 Å². The van der Waals surface area contributed by atoms with Crippen LogP contribution in [0.3, 0.4) is 0 Å². The van der Waals surface area contributed by atoms with Gasteiger partial charge in [-0.25, -0.2) is 4.39 Å². The zero-order valence-electron chi connectivity index (χ0n) is 9.90. The topological polar surface area (TPSA) is 46.3 Å². The molecule has 1 saturated heterocycles. The van der Waals surface area contributed by atoms with Crippen LogP contribution in [0.25, 0.3) is 0 Å². The van der Waals surface area contributed by atoms with E-state index in [4.69, 9.17) is 5.73 Å². The van der Waals surface area contributed by atoms with Crippen LogP contribution in [-0.4, -0.2) is 23.9 Å². The molecular formula is C13H17FN2O. The number of nitrogens with two attached hydrogens (primary N) is 1. The van der Waals surface area contributed by atoms with Crippen LogP contribution in [0.2, 0.25) is 0 Å². The molecule has 0 radical (unpaired) electrons. The Balaban J connectivity index is 2.15. The van der Waals surface area contributed by atoms with Crippen LogP contribution in [0.15, 0.2) is 24.3 Å². The molecule has 3 nitrogen and oxygen atoms in total. The second-order valence-corrected chi connectivity index (χ2v) is 4.58. The summed E-state index contributed by atoms with van der Waals surface area (Å²) in [6.07, 6.45) is 0.510. The molecule has 0 aromatic heterocycles. The highest BCUT2D eigenvalue weighted by Gasteiger charge is 2.32. The van der Waals surface area contributed by atoms with Gasteiger partial charge >= 0.3 is 0 Å². The summed E-state index contributed by atoms with van der Waals surface area (Å²) in [5.41, 5.74) is 6.41. The molecule has 0 aliphatic carbocycles. The molecular weight excluding hydrogens is 219 g/mol. The van der Waals surface area contributed by atoms with Crippen LogP contribution in [-0.2, 0) is 4.79 Å². The average molecular weight is 236 g/mol. The number of benzene rings is 1. The maximum atomic E-state index is 13.1. The van der Waals surface area contributed by atoms with Crippen molar-refractivity contribution in [2.24, 2.45) is 11.7 Å². The van der Waals surface area contributed by atoms with Crippen LogP contribution in [0, 0.1) is 11.7 Å². The number of carbonyl (C=O) groups is 1. The van der Waals surface area contributed by atoms with E-state index in [2.05, 4.69) is 0 Å². The summed E-state index contributed by atoms with van der Waals surface area (Å²) < 4.78 is 13.1. The van der Waals surface area contributed by atoms with Gasteiger partial charge in [-0.1, -0.05) is 12.1 Å². The van der Waals surface area contributed by atoms with Gasteiger partial charge in [0.2, 0.25) is 5.91 Å². The first-order chi connectivity index (χ1) is 8.11. The molecule has 2 rings (SSSR count). The Morgan fingerprint density at radius 1 is 1.59 bits per heavy atom. The third-order valence-corrected chi connectivity index (χ3v) is 3.37. The van der Waals surface area contributed by atoms with Crippen LogP contribution in [0.4, 0.5) is 4.39 Å². The van der Waals surface area contributed by atoms with Crippen molar-refractivity contribution >= 4 is 5.91 Å². The molecule has 4 heteroatoms. The fourth-order valence-corrected chi connectivity index (χ4v) is 2.29. The second kappa shape index (κ2) is 4.84. The van der Waals surface area contributed by atoms with Gasteiger partial charge in [0.15, 0.2) is 0 Å². The first kappa shape index (κ1) is 12.0. The molecule has 2 unspecified atom stereocenters. The van der Waals surface area contributed by atoms with Gasteiger partial charge in [-0.05, 0) is 37.1 Å². The summed E-state index contributed by atoms with van der Waals surface area (Å²) in [5.74, 6) is 0.0760. The van der Waals surface area contributed by atoms with E-state index >= 15 is 0 Å². The van der Waals surface area contributed by atoms with Crippen molar-refractivity contribution in [3.63, 3.8) is 0 Å². The van der Waals surface area contributed by atoms with Gasteiger partial charge in [0, 0.05) is 13.0 Å². The predicted octanol–water partition coefficient (Wildman–Crippen LogP) is 1.69. The quantitative estimate of drug-likeness (QED) is 0.868. The highest BCUT2D eigenvalue weighted by atomic mass is 19.1. The van der Waals surface area contributed by atoms with Crippen molar-refractivity contribution in [3.05, 3.63) is 35.6 Å². The predicted molar refractivity (Wildman–Crippen MR) is 63.7 cm³/mol. The number of carbonyl (C=O) groups excluding carboxylic acids is 1. The molecule has 1 fully saturated rings. The van der Waals surface area contributed by atoms with Gasteiger partial charge in [-0.15, -0.1) is 0 Å². The Morgan fingerprint density at radius 3 is 2.94 bits per heavy atom. The van der Waals surface area contributed by atoms with Gasteiger partial charge in [-0.3, -0.25) is 4.79 Å². The first-order valence-electron chi connectivity index (χ1n) is 5.87. The maximum Gasteiger partial charge on any atom is 0.223 e. The Morgan fingerprint density at radius 2 is 2.35 bits per heavy atom. The van der Waals surface area contributed by atoms with Crippen molar-refractivity contribution in [2.75, 3.05) is 13.1 Å². The summed E-state index contributed by atoms with van der Waals surface area (Å²) in [5, 5.41) is 0. The summed E-state index contributed by atoms with van der Waals surface area (Å²) >= 11 is 0. The van der Waals surface area contributed by atoms with Crippen molar-refractivity contribution in [1.29, 1.82) is 0 Å². The highest BCUT2D eigenvalue weighted by Crippen LogP contribution is 2.28. The number of rotatable bonds is 3. The van der Waals surface area contributed by atoms with Crippen LogP contribution in [0.1, 0.15) is 24.9 Å². The maximum absolute atomic E-state index is 13.1. The zero-order chi connectivity index (χ0) is 12.4. The van der Waals surface area contributed by atoms with Crippen molar-refractivity contribution < 1.29 is 9.18 Å². The lowest BCUT2D eigenvalue weighted by Gasteiger charge is -2.25. The Labute approximate surface area is 100 Å². The van der Waals surface area contributed by atoms with Crippen LogP contribution in [0.5, 0.6) is 0 Å². The number of hydrogen-bond acceptors (Lipinski definition) is 2. The molecule has 1 amide bonds. The molecule has 0 spiro atoms. The second-order valence-electron chi connectivity index (χ2n) is 4.58. The number of hydrogen-bond donors (Lipinski definition) is 1. The minimum absolute atomic E-state index is 0.0882. The molecule has 92 valence electrons. The third-order valence-electron chi connectivity index (χ3n) is 3.37. The Bertz CT molecular complexity index is 422. The van der Waals surface area contributed by atoms with Crippen LogP contribution >= 0.6 is 0 Å². The summed E-state index contributed by atoms with van der Waals surface area (Å²) in [6.45, 7) is 3.12. The van der Waals surface area contributed by atoms with E-state index in [1.54, 1.807) is 11.0 Å². The number of likely N-dealkylation sites (tertiary alicyclic amines) is 1. The molecule has 1 aliphatic heterocycles. The zero-order valence-corrected chi connectivity index (χ0v) is 9.90. The summed E-state index contributed by atoms with van der Waals surface area (Å²) in [4.78, 5) is 13.6. The first-order valence-corrected chi connectivity index (χ1v) is 5.87. The van der Waals surface area contributed by atoms with Crippen molar-refractivity contribution in [2.45, 2.75) is 19.4 Å². The van der Waals surface area contributed by atoms with Crippen molar-refractivity contribution in [1.82, 2.24) is 4.90 Å². The van der Waals surface area contributed by atoms with Gasteiger partial charge in [0.1, 0.15) is 5.82 Å². The number of amides is 1. The Hall–Kier alpha value is -1.42. The highest BCUT2D eigenvalue weighted by molar-refractivity contribution is 5.79. The molecule has 2 N–H and O–H groups in total. The van der Waals surface area contributed by atoms with E-state index < -0.39 is 0 Å². The van der Waals surface area contributed by atoms with Crippen molar-refractivity contribution in [3.8, 4) is 0 Å². The summed E-state index contributed by atoms with van der Waals surface area (Å²) in [6, 6.07) is 6.31. The smallest absolute Gasteiger partial charge is 0.223 e. The molecule has 1 aromatic carbocycles. The fourth-order valence-electron chi connectivity index (χ4n) is 2.29. The van der Waals surface area contributed by atoms with E-state index in [0.29, 0.717) is 19.5 Å². The monoisotopic (exact) mass is 236 g/mol. The molecule has 1 aliphatic rings. The van der Waals surface area contributed by atoms with E-state index in [1.807, 2.05) is 13.0 Å². The van der Waals surface area contributed by atoms with E-state index in [-0.39, 0.29) is 23.7 Å². The minimum atomic E-state index is -0.267. The number of nitrogens with zero attached hydrogens (tertiary/aromatic N) is 1. The SMILES string of the molecule is CC(c1cccc(F)c1)N1CC(CN)CC1=O. The summed E-state index contributed by atoms with van der Waals surface area (Å²) in [7, 11) is 0. The lowest BCUT2D eigenvalue weighted by atomic mass is 10.1. The lowest BCUT2D eigenvalue weighted by molar-refractivity contribution is -0.129. The van der Waals surface area contributed by atoms with Crippen LogP contribution < -0.4 is 5.73 Å². The minimum Gasteiger partial charge on any atom is -0.336 e. The molecule has 1 heterocycles.